The maximum atomic E-state index is 6.39. The Bertz CT molecular complexity index is 615. The molecule has 0 amide bonds. The van der Waals surface area contributed by atoms with Gasteiger partial charge in [-0.05, 0) is 70.8 Å². The number of halogens is 2. The monoisotopic (exact) mass is 445 g/mol. The first-order valence-corrected chi connectivity index (χ1v) is 8.23. The average molecular weight is 446 g/mol. The lowest BCUT2D eigenvalue weighted by Crippen LogP contribution is -2.15. The predicted molar refractivity (Wildman–Crippen MR) is 95.2 cm³/mol. The lowest BCUT2D eigenvalue weighted by Gasteiger charge is -2.17. The van der Waals surface area contributed by atoms with Crippen molar-refractivity contribution in [3.63, 3.8) is 0 Å². The van der Waals surface area contributed by atoms with E-state index in [1.807, 2.05) is 12.1 Å². The maximum Gasteiger partial charge on any atom is 0.122 e. The molecule has 0 saturated carbocycles. The highest BCUT2D eigenvalue weighted by atomic mass is 127. The van der Waals surface area contributed by atoms with Crippen LogP contribution in [0.15, 0.2) is 40.9 Å². The van der Waals surface area contributed by atoms with Crippen molar-refractivity contribution in [2.75, 3.05) is 7.11 Å². The molecule has 0 aliphatic rings. The van der Waals surface area contributed by atoms with Gasteiger partial charge in [0, 0.05) is 14.1 Å². The van der Waals surface area contributed by atoms with Crippen molar-refractivity contribution in [1.82, 2.24) is 0 Å². The molecule has 0 spiro atoms. The molecule has 0 fully saturated rings. The summed E-state index contributed by atoms with van der Waals surface area (Å²) in [5, 5.41) is 0. The fraction of sp³-hybridized carbons (Fsp3) is 0.250. The van der Waals surface area contributed by atoms with Crippen LogP contribution in [0.4, 0.5) is 0 Å². The summed E-state index contributed by atoms with van der Waals surface area (Å²) in [7, 11) is 1.69. The summed E-state index contributed by atoms with van der Waals surface area (Å²) in [6, 6.07) is 12.2. The minimum Gasteiger partial charge on any atom is -0.496 e. The number of hydrogen-bond acceptors (Lipinski definition) is 2. The van der Waals surface area contributed by atoms with Crippen molar-refractivity contribution < 1.29 is 4.74 Å². The minimum absolute atomic E-state index is 0.0370. The van der Waals surface area contributed by atoms with Gasteiger partial charge in [-0.1, -0.05) is 34.1 Å². The van der Waals surface area contributed by atoms with E-state index in [2.05, 4.69) is 69.7 Å². The number of hydrogen-bond donors (Lipinski definition) is 1. The molecule has 2 N–H and O–H groups in total. The molecule has 1 unspecified atom stereocenters. The molecule has 0 aliphatic carbocycles. The summed E-state index contributed by atoms with van der Waals surface area (Å²) in [5.74, 6) is 0.881. The Hall–Kier alpha value is -0.590. The van der Waals surface area contributed by atoms with Crippen LogP contribution in [0.1, 0.15) is 22.7 Å². The van der Waals surface area contributed by atoms with E-state index < -0.39 is 0 Å². The normalized spacial score (nSPS) is 12.2. The van der Waals surface area contributed by atoms with Crippen molar-refractivity contribution in [2.24, 2.45) is 5.73 Å². The standard InChI is InChI=1S/C16H17BrINO/c1-10-4-3-5-13(16(10)18)14(19)9-11-8-12(17)6-7-15(11)20-2/h3-8,14H,9,19H2,1-2H3. The number of aryl methyl sites for hydroxylation is 1. The Kier molecular flexibility index (Phi) is 5.46. The Morgan fingerprint density at radius 3 is 2.75 bits per heavy atom. The zero-order chi connectivity index (χ0) is 14.7. The zero-order valence-electron chi connectivity index (χ0n) is 11.5. The number of ether oxygens (including phenoxy) is 1. The molecule has 0 saturated heterocycles. The molecule has 0 aliphatic heterocycles. The second-order valence-electron chi connectivity index (χ2n) is 4.74. The van der Waals surface area contributed by atoms with E-state index in [-0.39, 0.29) is 6.04 Å². The summed E-state index contributed by atoms with van der Waals surface area (Å²) in [6.07, 6.45) is 0.752. The molecule has 0 bridgehead atoms. The fourth-order valence-corrected chi connectivity index (χ4v) is 3.38. The molecule has 2 aromatic carbocycles. The number of rotatable bonds is 4. The van der Waals surface area contributed by atoms with Gasteiger partial charge in [0.2, 0.25) is 0 Å². The minimum atomic E-state index is -0.0370. The number of nitrogens with two attached hydrogens (primary N) is 1. The molecule has 4 heteroatoms. The van der Waals surface area contributed by atoms with Crippen molar-refractivity contribution >= 4 is 38.5 Å². The van der Waals surface area contributed by atoms with Gasteiger partial charge in [-0.25, -0.2) is 0 Å². The maximum absolute atomic E-state index is 6.39. The first-order valence-electron chi connectivity index (χ1n) is 6.36. The van der Waals surface area contributed by atoms with Crippen molar-refractivity contribution in [3.05, 3.63) is 61.1 Å². The number of benzene rings is 2. The Balaban J connectivity index is 2.30. The molecule has 0 radical (unpaired) electrons. The van der Waals surface area contributed by atoms with Gasteiger partial charge in [0.05, 0.1) is 7.11 Å². The van der Waals surface area contributed by atoms with Gasteiger partial charge in [0.1, 0.15) is 5.75 Å². The molecule has 2 aromatic rings. The largest absolute Gasteiger partial charge is 0.496 e. The molecule has 20 heavy (non-hydrogen) atoms. The van der Waals surface area contributed by atoms with Crippen LogP contribution in [0.25, 0.3) is 0 Å². The van der Waals surface area contributed by atoms with Gasteiger partial charge >= 0.3 is 0 Å². The van der Waals surface area contributed by atoms with Gasteiger partial charge in [-0.15, -0.1) is 0 Å². The molecule has 0 aromatic heterocycles. The Morgan fingerprint density at radius 2 is 2.05 bits per heavy atom. The third-order valence-electron chi connectivity index (χ3n) is 3.30. The summed E-state index contributed by atoms with van der Waals surface area (Å²) in [4.78, 5) is 0. The SMILES string of the molecule is COc1ccc(Br)cc1CC(N)c1cccc(C)c1I. The van der Waals surface area contributed by atoms with E-state index in [1.165, 1.54) is 14.7 Å². The average Bonchev–Trinajstić information content (AvgIpc) is 2.42. The Morgan fingerprint density at radius 1 is 1.30 bits per heavy atom. The van der Waals surface area contributed by atoms with E-state index in [0.717, 1.165) is 22.2 Å². The van der Waals surface area contributed by atoms with E-state index in [4.69, 9.17) is 10.5 Å². The summed E-state index contributed by atoms with van der Waals surface area (Å²) in [5.41, 5.74) is 9.96. The van der Waals surface area contributed by atoms with E-state index in [0.29, 0.717) is 0 Å². The van der Waals surface area contributed by atoms with Gasteiger partial charge in [-0.3, -0.25) is 0 Å². The van der Waals surface area contributed by atoms with Gasteiger partial charge in [0.25, 0.3) is 0 Å². The van der Waals surface area contributed by atoms with Crippen LogP contribution in [0.3, 0.4) is 0 Å². The second-order valence-corrected chi connectivity index (χ2v) is 6.74. The lowest BCUT2D eigenvalue weighted by atomic mass is 9.98. The smallest absolute Gasteiger partial charge is 0.122 e. The molecule has 2 nitrogen and oxygen atoms in total. The highest BCUT2D eigenvalue weighted by Gasteiger charge is 2.14. The zero-order valence-corrected chi connectivity index (χ0v) is 15.2. The third kappa shape index (κ3) is 3.54. The van der Waals surface area contributed by atoms with Crippen LogP contribution in [0, 0.1) is 10.5 Å². The van der Waals surface area contributed by atoms with Crippen LogP contribution in [0.5, 0.6) is 5.75 Å². The van der Waals surface area contributed by atoms with Crippen LogP contribution in [-0.2, 0) is 6.42 Å². The van der Waals surface area contributed by atoms with Crippen molar-refractivity contribution in [1.29, 1.82) is 0 Å². The molecule has 0 heterocycles. The van der Waals surface area contributed by atoms with Crippen molar-refractivity contribution in [2.45, 2.75) is 19.4 Å². The molecular weight excluding hydrogens is 429 g/mol. The van der Waals surface area contributed by atoms with E-state index in [1.54, 1.807) is 7.11 Å². The summed E-state index contributed by atoms with van der Waals surface area (Å²) < 4.78 is 7.70. The first kappa shape index (κ1) is 15.8. The van der Waals surface area contributed by atoms with E-state index >= 15 is 0 Å². The van der Waals surface area contributed by atoms with Crippen molar-refractivity contribution in [3.8, 4) is 5.75 Å². The highest BCUT2D eigenvalue weighted by molar-refractivity contribution is 14.1. The third-order valence-corrected chi connectivity index (χ3v) is 5.27. The molecule has 1 atom stereocenters. The van der Waals surface area contributed by atoms with E-state index in [9.17, 15) is 0 Å². The van der Waals surface area contributed by atoms with Crippen LogP contribution >= 0.6 is 38.5 Å². The quantitative estimate of drug-likeness (QED) is 0.697. The first-order chi connectivity index (χ1) is 9.52. The highest BCUT2D eigenvalue weighted by Crippen LogP contribution is 2.29. The summed E-state index contributed by atoms with van der Waals surface area (Å²) in [6.45, 7) is 2.11. The molecule has 106 valence electrons. The van der Waals surface area contributed by atoms with Crippen LogP contribution in [0.2, 0.25) is 0 Å². The topological polar surface area (TPSA) is 35.2 Å². The molecule has 2 rings (SSSR count). The Labute approximate surface area is 142 Å². The lowest BCUT2D eigenvalue weighted by molar-refractivity contribution is 0.408. The fourth-order valence-electron chi connectivity index (χ4n) is 2.21. The van der Waals surface area contributed by atoms with Gasteiger partial charge in [0.15, 0.2) is 0 Å². The summed E-state index contributed by atoms with van der Waals surface area (Å²) >= 11 is 5.87. The van der Waals surface area contributed by atoms with Crippen LogP contribution < -0.4 is 10.5 Å². The predicted octanol–water partition coefficient (Wildman–Crippen LogP) is 4.61. The van der Waals surface area contributed by atoms with Gasteiger partial charge < -0.3 is 10.5 Å². The number of methoxy groups -OCH3 is 1. The van der Waals surface area contributed by atoms with Gasteiger partial charge in [-0.2, -0.15) is 0 Å². The van der Waals surface area contributed by atoms with Crippen LogP contribution in [-0.4, -0.2) is 7.11 Å². The second kappa shape index (κ2) is 6.91. The molecular formula is C16H17BrINO.